The molecular formula is C12H15BrO4. The fourth-order valence-electron chi connectivity index (χ4n) is 1.36. The van der Waals surface area contributed by atoms with Gasteiger partial charge in [-0.25, -0.2) is 4.79 Å². The standard InChI is InChI=1S/C12H15BrO4/c1-16-11(12(14)15)8-9-2-4-10(5-3-9)17-7-6-13/h2-5,11H,6-8H2,1H3,(H,14,15)/t11-/m0/s1. The summed E-state index contributed by atoms with van der Waals surface area (Å²) >= 11 is 3.27. The Bertz CT molecular complexity index is 350. The number of hydrogen-bond donors (Lipinski definition) is 1. The molecule has 0 fully saturated rings. The third-order valence-corrected chi connectivity index (χ3v) is 2.57. The number of alkyl halides is 1. The maximum atomic E-state index is 10.8. The van der Waals surface area contributed by atoms with Crippen LogP contribution in [0.2, 0.25) is 0 Å². The molecule has 1 aromatic rings. The number of aliphatic carboxylic acids is 1. The van der Waals surface area contributed by atoms with Gasteiger partial charge in [-0.15, -0.1) is 0 Å². The lowest BCUT2D eigenvalue weighted by atomic mass is 10.1. The van der Waals surface area contributed by atoms with E-state index in [0.29, 0.717) is 13.0 Å². The number of halogens is 1. The molecule has 0 aliphatic rings. The second-order valence-corrected chi connectivity index (χ2v) is 4.24. The molecule has 0 saturated carbocycles. The van der Waals surface area contributed by atoms with Crippen molar-refractivity contribution in [2.24, 2.45) is 0 Å². The Hall–Kier alpha value is -1.07. The Kier molecular flexibility index (Phi) is 6.00. The molecule has 0 amide bonds. The molecule has 1 aromatic carbocycles. The highest BCUT2D eigenvalue weighted by Gasteiger charge is 2.16. The van der Waals surface area contributed by atoms with Crippen LogP contribution in [0.4, 0.5) is 0 Å². The first-order valence-electron chi connectivity index (χ1n) is 5.20. The summed E-state index contributed by atoms with van der Waals surface area (Å²) in [4.78, 5) is 10.8. The zero-order valence-corrected chi connectivity index (χ0v) is 11.1. The van der Waals surface area contributed by atoms with Crippen LogP contribution in [0.1, 0.15) is 5.56 Å². The van der Waals surface area contributed by atoms with E-state index in [1.54, 1.807) is 0 Å². The van der Waals surface area contributed by atoms with Gasteiger partial charge < -0.3 is 14.6 Å². The van der Waals surface area contributed by atoms with Crippen molar-refractivity contribution in [3.8, 4) is 5.75 Å². The van der Waals surface area contributed by atoms with Crippen molar-refractivity contribution >= 4 is 21.9 Å². The second kappa shape index (κ2) is 7.29. The summed E-state index contributed by atoms with van der Waals surface area (Å²) in [5.41, 5.74) is 0.908. The molecule has 0 radical (unpaired) electrons. The number of rotatable bonds is 7. The van der Waals surface area contributed by atoms with Gasteiger partial charge in [0.15, 0.2) is 6.10 Å². The number of methoxy groups -OCH3 is 1. The van der Waals surface area contributed by atoms with Crippen LogP contribution in [0.25, 0.3) is 0 Å². The van der Waals surface area contributed by atoms with Gasteiger partial charge in [0.1, 0.15) is 5.75 Å². The van der Waals surface area contributed by atoms with Gasteiger partial charge >= 0.3 is 5.97 Å². The highest BCUT2D eigenvalue weighted by Crippen LogP contribution is 2.14. The predicted octanol–water partition coefficient (Wildman–Crippen LogP) is 2.10. The van der Waals surface area contributed by atoms with Crippen LogP contribution in [0.15, 0.2) is 24.3 Å². The third-order valence-electron chi connectivity index (χ3n) is 2.25. The Morgan fingerprint density at radius 2 is 2.06 bits per heavy atom. The van der Waals surface area contributed by atoms with Crippen molar-refractivity contribution < 1.29 is 19.4 Å². The first-order valence-corrected chi connectivity index (χ1v) is 6.33. The van der Waals surface area contributed by atoms with Crippen LogP contribution in [0, 0.1) is 0 Å². The molecule has 0 aliphatic heterocycles. The van der Waals surface area contributed by atoms with Gasteiger partial charge in [-0.05, 0) is 17.7 Å². The monoisotopic (exact) mass is 302 g/mol. The van der Waals surface area contributed by atoms with E-state index in [1.807, 2.05) is 24.3 Å². The average molecular weight is 303 g/mol. The van der Waals surface area contributed by atoms with Crippen molar-refractivity contribution in [1.29, 1.82) is 0 Å². The Morgan fingerprint density at radius 3 is 2.53 bits per heavy atom. The molecule has 1 rings (SSSR count). The minimum Gasteiger partial charge on any atom is -0.493 e. The summed E-state index contributed by atoms with van der Waals surface area (Å²) in [6.07, 6.45) is -0.450. The molecule has 0 saturated heterocycles. The van der Waals surface area contributed by atoms with Gasteiger partial charge in [-0.2, -0.15) is 0 Å². The zero-order chi connectivity index (χ0) is 12.7. The molecule has 0 spiro atoms. The van der Waals surface area contributed by atoms with E-state index in [9.17, 15) is 4.79 Å². The molecule has 1 atom stereocenters. The van der Waals surface area contributed by atoms with Crippen molar-refractivity contribution in [3.05, 3.63) is 29.8 Å². The van der Waals surface area contributed by atoms with E-state index in [2.05, 4.69) is 15.9 Å². The Balaban J connectivity index is 2.58. The van der Waals surface area contributed by atoms with Gasteiger partial charge in [0, 0.05) is 18.9 Å². The van der Waals surface area contributed by atoms with Crippen molar-refractivity contribution in [3.63, 3.8) is 0 Å². The molecule has 0 aliphatic carbocycles. The molecule has 5 heteroatoms. The van der Waals surface area contributed by atoms with E-state index in [1.165, 1.54) is 7.11 Å². The molecule has 94 valence electrons. The van der Waals surface area contributed by atoms with Gasteiger partial charge in [-0.1, -0.05) is 28.1 Å². The van der Waals surface area contributed by atoms with Crippen LogP contribution >= 0.6 is 15.9 Å². The quantitative estimate of drug-likeness (QED) is 0.784. The van der Waals surface area contributed by atoms with E-state index in [4.69, 9.17) is 14.6 Å². The van der Waals surface area contributed by atoms with Crippen LogP contribution in [-0.4, -0.2) is 36.2 Å². The van der Waals surface area contributed by atoms with E-state index in [0.717, 1.165) is 16.6 Å². The van der Waals surface area contributed by atoms with E-state index < -0.39 is 12.1 Å². The zero-order valence-electron chi connectivity index (χ0n) is 9.56. The minimum atomic E-state index is -0.952. The summed E-state index contributed by atoms with van der Waals surface area (Å²) in [7, 11) is 1.40. The summed E-state index contributed by atoms with van der Waals surface area (Å²) < 4.78 is 10.3. The Morgan fingerprint density at radius 1 is 1.41 bits per heavy atom. The molecule has 1 N–H and O–H groups in total. The van der Waals surface area contributed by atoms with Crippen LogP contribution in [-0.2, 0) is 16.0 Å². The lowest BCUT2D eigenvalue weighted by Gasteiger charge is -2.10. The summed E-state index contributed by atoms with van der Waals surface area (Å²) in [5.74, 6) is -0.176. The molecule has 0 heterocycles. The smallest absolute Gasteiger partial charge is 0.333 e. The maximum Gasteiger partial charge on any atom is 0.333 e. The summed E-state index contributed by atoms with van der Waals surface area (Å²) in [6.45, 7) is 0.606. The SMILES string of the molecule is CO[C@@H](Cc1ccc(OCCBr)cc1)C(=O)O. The molecular weight excluding hydrogens is 288 g/mol. The van der Waals surface area contributed by atoms with Crippen LogP contribution in [0.3, 0.4) is 0 Å². The van der Waals surface area contributed by atoms with Crippen LogP contribution in [0.5, 0.6) is 5.75 Å². The average Bonchev–Trinajstić information content (AvgIpc) is 2.34. The maximum absolute atomic E-state index is 10.8. The molecule has 0 unspecified atom stereocenters. The van der Waals surface area contributed by atoms with Gasteiger partial charge in [-0.3, -0.25) is 0 Å². The molecule has 0 bridgehead atoms. The van der Waals surface area contributed by atoms with Crippen molar-refractivity contribution in [2.45, 2.75) is 12.5 Å². The number of hydrogen-bond acceptors (Lipinski definition) is 3. The highest BCUT2D eigenvalue weighted by molar-refractivity contribution is 9.09. The predicted molar refractivity (Wildman–Crippen MR) is 67.9 cm³/mol. The molecule has 0 aromatic heterocycles. The first kappa shape index (κ1) is 14.0. The second-order valence-electron chi connectivity index (χ2n) is 3.45. The van der Waals surface area contributed by atoms with E-state index in [-0.39, 0.29) is 0 Å². The van der Waals surface area contributed by atoms with E-state index >= 15 is 0 Å². The first-order chi connectivity index (χ1) is 8.17. The van der Waals surface area contributed by atoms with Crippen LogP contribution < -0.4 is 4.74 Å². The third kappa shape index (κ3) is 4.75. The number of carbonyl (C=O) groups is 1. The van der Waals surface area contributed by atoms with Gasteiger partial charge in [0.25, 0.3) is 0 Å². The fourth-order valence-corrected chi connectivity index (χ4v) is 1.53. The largest absolute Gasteiger partial charge is 0.493 e. The normalized spacial score (nSPS) is 12.1. The lowest BCUT2D eigenvalue weighted by Crippen LogP contribution is -2.24. The topological polar surface area (TPSA) is 55.8 Å². The van der Waals surface area contributed by atoms with Crippen molar-refractivity contribution in [1.82, 2.24) is 0 Å². The van der Waals surface area contributed by atoms with Crippen molar-refractivity contribution in [2.75, 3.05) is 19.0 Å². The summed E-state index contributed by atoms with van der Waals surface area (Å²) in [5, 5.41) is 9.63. The van der Waals surface area contributed by atoms with Gasteiger partial charge in [0.2, 0.25) is 0 Å². The molecule has 4 nitrogen and oxygen atoms in total. The molecule has 17 heavy (non-hydrogen) atoms. The number of benzene rings is 1. The number of ether oxygens (including phenoxy) is 2. The van der Waals surface area contributed by atoms with Gasteiger partial charge in [0.05, 0.1) is 6.61 Å². The Labute approximate surface area is 109 Å². The highest BCUT2D eigenvalue weighted by atomic mass is 79.9. The number of carboxylic acids is 1. The summed E-state index contributed by atoms with van der Waals surface area (Å²) in [6, 6.07) is 7.34. The number of carboxylic acid groups (broad SMARTS) is 1. The lowest BCUT2D eigenvalue weighted by molar-refractivity contribution is -0.148. The minimum absolute atomic E-state index is 0.352. The fraction of sp³-hybridized carbons (Fsp3) is 0.417.